The molecular formula is C24H18ClN3O2S. The molecule has 0 unspecified atom stereocenters. The first-order chi connectivity index (χ1) is 15.0. The highest BCUT2D eigenvalue weighted by atomic mass is 35.5. The number of thiocarbonyl (C=S) groups is 1. The quantitative estimate of drug-likeness (QED) is 0.297. The summed E-state index contributed by atoms with van der Waals surface area (Å²) in [4.78, 5) is 16.8. The molecule has 4 aromatic rings. The van der Waals surface area contributed by atoms with E-state index in [0.29, 0.717) is 16.5 Å². The van der Waals surface area contributed by atoms with Crippen LogP contribution < -0.4 is 10.6 Å². The molecular weight excluding hydrogens is 430 g/mol. The van der Waals surface area contributed by atoms with Crippen LogP contribution in [0.15, 0.2) is 77.2 Å². The van der Waals surface area contributed by atoms with Crippen LogP contribution in [0.4, 0.5) is 5.69 Å². The molecule has 2 heterocycles. The largest absolute Gasteiger partial charge is 0.457 e. The monoisotopic (exact) mass is 447 g/mol. The van der Waals surface area contributed by atoms with E-state index in [9.17, 15) is 4.79 Å². The Balaban J connectivity index is 1.39. The first kappa shape index (κ1) is 20.8. The first-order valence-electron chi connectivity index (χ1n) is 9.50. The van der Waals surface area contributed by atoms with E-state index in [1.54, 1.807) is 24.3 Å². The summed E-state index contributed by atoms with van der Waals surface area (Å²) in [6.45, 7) is 1.92. The van der Waals surface area contributed by atoms with Crippen molar-refractivity contribution in [1.82, 2.24) is 10.3 Å². The van der Waals surface area contributed by atoms with Gasteiger partial charge in [-0.3, -0.25) is 15.1 Å². The average molecular weight is 448 g/mol. The number of fused-ring (bicyclic) bond motifs is 1. The van der Waals surface area contributed by atoms with E-state index in [2.05, 4.69) is 15.6 Å². The summed E-state index contributed by atoms with van der Waals surface area (Å²) in [5, 5.41) is 7.50. The minimum absolute atomic E-state index is 0.187. The number of hydrogen-bond donors (Lipinski definition) is 2. The van der Waals surface area contributed by atoms with Gasteiger partial charge in [-0.25, -0.2) is 0 Å². The molecule has 0 saturated carbocycles. The van der Waals surface area contributed by atoms with Crippen molar-refractivity contribution >= 4 is 57.5 Å². The van der Waals surface area contributed by atoms with Crippen LogP contribution in [0.1, 0.15) is 11.5 Å². The minimum atomic E-state index is -0.369. The molecule has 0 aliphatic heterocycles. The molecule has 0 saturated heterocycles. The summed E-state index contributed by atoms with van der Waals surface area (Å²) >= 11 is 11.2. The van der Waals surface area contributed by atoms with Crippen molar-refractivity contribution in [3.8, 4) is 11.3 Å². The Morgan fingerprint density at radius 3 is 2.68 bits per heavy atom. The van der Waals surface area contributed by atoms with Crippen molar-refractivity contribution in [2.75, 3.05) is 5.32 Å². The average Bonchev–Trinajstić information content (AvgIpc) is 3.22. The van der Waals surface area contributed by atoms with Crippen molar-refractivity contribution in [1.29, 1.82) is 0 Å². The van der Waals surface area contributed by atoms with Crippen molar-refractivity contribution < 1.29 is 9.21 Å². The molecule has 31 heavy (non-hydrogen) atoms. The van der Waals surface area contributed by atoms with Gasteiger partial charge in [-0.15, -0.1) is 0 Å². The fraction of sp³-hybridized carbons (Fsp3) is 0.0417. The number of anilines is 1. The molecule has 2 aromatic heterocycles. The summed E-state index contributed by atoms with van der Waals surface area (Å²) in [7, 11) is 0. The summed E-state index contributed by atoms with van der Waals surface area (Å²) < 4.78 is 5.75. The molecule has 2 aromatic carbocycles. The Morgan fingerprint density at radius 2 is 1.87 bits per heavy atom. The molecule has 0 aliphatic rings. The van der Waals surface area contributed by atoms with E-state index in [-0.39, 0.29) is 11.0 Å². The number of pyridine rings is 1. The van der Waals surface area contributed by atoms with Crippen LogP contribution in [-0.4, -0.2) is 16.0 Å². The molecule has 0 spiro atoms. The van der Waals surface area contributed by atoms with Gasteiger partial charge in [-0.05, 0) is 73.7 Å². The fourth-order valence-corrected chi connectivity index (χ4v) is 3.36. The number of nitrogens with one attached hydrogen (secondary N) is 2. The second kappa shape index (κ2) is 9.12. The SMILES string of the molecule is Cc1ccc2cccc(NC(=S)NC(=O)/C=C/c3ccc(-c4ccc(Cl)cc4)o3)c2n1. The summed E-state index contributed by atoms with van der Waals surface area (Å²) in [6, 6.07) is 20.6. The Labute approximate surface area is 189 Å². The number of halogens is 1. The Morgan fingerprint density at radius 1 is 1.06 bits per heavy atom. The molecule has 1 amide bonds. The van der Waals surface area contributed by atoms with Gasteiger partial charge in [-0.1, -0.05) is 29.8 Å². The number of nitrogens with zero attached hydrogens (tertiary/aromatic N) is 1. The highest BCUT2D eigenvalue weighted by molar-refractivity contribution is 7.80. The van der Waals surface area contributed by atoms with Crippen LogP contribution in [-0.2, 0) is 4.79 Å². The molecule has 0 radical (unpaired) electrons. The lowest BCUT2D eigenvalue weighted by Gasteiger charge is -2.10. The van der Waals surface area contributed by atoms with Crippen LogP contribution in [0.3, 0.4) is 0 Å². The zero-order chi connectivity index (χ0) is 21.8. The van der Waals surface area contributed by atoms with Gasteiger partial charge in [0.05, 0.1) is 11.2 Å². The number of carbonyl (C=O) groups is 1. The lowest BCUT2D eigenvalue weighted by molar-refractivity contribution is -0.115. The van der Waals surface area contributed by atoms with Crippen molar-refractivity contribution in [3.63, 3.8) is 0 Å². The van der Waals surface area contributed by atoms with E-state index >= 15 is 0 Å². The van der Waals surface area contributed by atoms with Crippen LogP contribution in [0.5, 0.6) is 0 Å². The molecule has 7 heteroatoms. The fourth-order valence-electron chi connectivity index (χ4n) is 3.02. The second-order valence-electron chi connectivity index (χ2n) is 6.82. The maximum atomic E-state index is 12.3. The van der Waals surface area contributed by atoms with E-state index in [1.807, 2.05) is 55.5 Å². The minimum Gasteiger partial charge on any atom is -0.457 e. The van der Waals surface area contributed by atoms with E-state index in [0.717, 1.165) is 27.8 Å². The van der Waals surface area contributed by atoms with Crippen LogP contribution in [0.25, 0.3) is 28.3 Å². The molecule has 0 atom stereocenters. The van der Waals surface area contributed by atoms with Crippen molar-refractivity contribution in [2.24, 2.45) is 0 Å². The van der Waals surface area contributed by atoms with E-state index in [1.165, 1.54) is 6.08 Å². The van der Waals surface area contributed by atoms with Gasteiger partial charge in [0.1, 0.15) is 11.5 Å². The van der Waals surface area contributed by atoms with Crippen molar-refractivity contribution in [3.05, 3.63) is 89.3 Å². The van der Waals surface area contributed by atoms with Crippen LogP contribution >= 0.6 is 23.8 Å². The van der Waals surface area contributed by atoms with Crippen LogP contribution in [0.2, 0.25) is 5.02 Å². The lowest BCUT2D eigenvalue weighted by Crippen LogP contribution is -2.32. The van der Waals surface area contributed by atoms with Gasteiger partial charge >= 0.3 is 0 Å². The summed E-state index contributed by atoms with van der Waals surface area (Å²) in [5.41, 5.74) is 3.32. The number of furan rings is 1. The molecule has 154 valence electrons. The van der Waals surface area contributed by atoms with Gasteiger partial charge in [0.2, 0.25) is 5.91 Å². The number of para-hydroxylation sites is 1. The predicted octanol–water partition coefficient (Wildman–Crippen LogP) is 5.98. The van der Waals surface area contributed by atoms with E-state index < -0.39 is 0 Å². The third kappa shape index (κ3) is 5.17. The van der Waals surface area contributed by atoms with Crippen molar-refractivity contribution in [2.45, 2.75) is 6.92 Å². The van der Waals surface area contributed by atoms with Gasteiger partial charge in [0, 0.05) is 27.7 Å². The second-order valence-corrected chi connectivity index (χ2v) is 7.66. The normalized spacial score (nSPS) is 11.0. The molecule has 0 fully saturated rings. The van der Waals surface area contributed by atoms with Gasteiger partial charge < -0.3 is 9.73 Å². The Hall–Kier alpha value is -3.48. The molecule has 5 nitrogen and oxygen atoms in total. The molecule has 2 N–H and O–H groups in total. The number of benzene rings is 2. The third-order valence-corrected chi connectivity index (χ3v) is 4.96. The maximum Gasteiger partial charge on any atom is 0.250 e. The topological polar surface area (TPSA) is 67.2 Å². The van der Waals surface area contributed by atoms with Gasteiger partial charge in [0.15, 0.2) is 5.11 Å². The Bertz CT molecular complexity index is 1300. The highest BCUT2D eigenvalue weighted by Crippen LogP contribution is 2.24. The highest BCUT2D eigenvalue weighted by Gasteiger charge is 2.07. The zero-order valence-electron chi connectivity index (χ0n) is 16.6. The first-order valence-corrected chi connectivity index (χ1v) is 10.3. The molecule has 4 rings (SSSR count). The number of carbonyl (C=O) groups excluding carboxylic acids is 1. The number of rotatable bonds is 4. The number of amides is 1. The standard InChI is InChI=1S/C24H18ClN3O2S/c1-15-5-6-17-3-2-4-20(23(17)26-15)27-24(31)28-22(29)14-12-19-11-13-21(30-19)16-7-9-18(25)10-8-16/h2-14H,1H3,(H2,27,28,29,31)/b14-12+. The maximum absolute atomic E-state index is 12.3. The number of aromatic nitrogens is 1. The van der Waals surface area contributed by atoms with Crippen LogP contribution in [0, 0.1) is 6.92 Å². The summed E-state index contributed by atoms with van der Waals surface area (Å²) in [5.74, 6) is 0.867. The van der Waals surface area contributed by atoms with Gasteiger partial charge in [-0.2, -0.15) is 0 Å². The summed E-state index contributed by atoms with van der Waals surface area (Å²) in [6.07, 6.45) is 2.95. The Kier molecular flexibility index (Phi) is 6.11. The molecule has 0 bridgehead atoms. The third-order valence-electron chi connectivity index (χ3n) is 4.50. The smallest absolute Gasteiger partial charge is 0.250 e. The zero-order valence-corrected chi connectivity index (χ0v) is 18.1. The lowest BCUT2D eigenvalue weighted by atomic mass is 10.2. The van der Waals surface area contributed by atoms with E-state index in [4.69, 9.17) is 28.2 Å². The molecule has 0 aliphatic carbocycles. The number of hydrogen-bond acceptors (Lipinski definition) is 4. The number of aryl methyl sites for hydroxylation is 1. The van der Waals surface area contributed by atoms with Gasteiger partial charge in [0.25, 0.3) is 0 Å². The predicted molar refractivity (Wildman–Crippen MR) is 129 cm³/mol.